The Morgan fingerprint density at radius 1 is 1.06 bits per heavy atom. The van der Waals surface area contributed by atoms with Crippen molar-refractivity contribution in [3.63, 3.8) is 0 Å². The van der Waals surface area contributed by atoms with Crippen molar-refractivity contribution in [3.05, 3.63) is 0 Å². The van der Waals surface area contributed by atoms with E-state index in [1.165, 1.54) is 51.4 Å². The molecule has 1 heterocycles. The largest absolute Gasteiger partial charge is 0.355 e. The molecule has 1 aliphatic heterocycles. The average molecular weight is 252 g/mol. The summed E-state index contributed by atoms with van der Waals surface area (Å²) >= 11 is 0. The average Bonchev–Trinajstić information content (AvgIpc) is 2.45. The van der Waals surface area contributed by atoms with Crippen LogP contribution in [-0.4, -0.2) is 25.0 Å². The molecule has 0 spiro atoms. The molecule has 1 unspecified atom stereocenters. The fourth-order valence-electron chi connectivity index (χ4n) is 3.23. The molecule has 1 saturated heterocycles. The molecule has 104 valence electrons. The third-order valence-corrected chi connectivity index (χ3v) is 4.46. The highest BCUT2D eigenvalue weighted by Crippen LogP contribution is 2.27. The van der Waals surface area contributed by atoms with Gasteiger partial charge in [0.15, 0.2) is 0 Å². The standard InChI is InChI=1S/C15H28N2O/c18-15(10-9-13-6-2-1-3-7-13)17-12-14-8-4-5-11-16-14/h13-14,16H,1-12H2,(H,17,18). The van der Waals surface area contributed by atoms with Crippen molar-refractivity contribution in [2.75, 3.05) is 13.1 Å². The van der Waals surface area contributed by atoms with Crippen LogP contribution in [0.3, 0.4) is 0 Å². The van der Waals surface area contributed by atoms with Crippen LogP contribution in [0.25, 0.3) is 0 Å². The Labute approximate surface area is 111 Å². The predicted molar refractivity (Wildman–Crippen MR) is 74.5 cm³/mol. The number of carbonyl (C=O) groups excluding carboxylic acids is 1. The molecule has 2 N–H and O–H groups in total. The minimum Gasteiger partial charge on any atom is -0.355 e. The summed E-state index contributed by atoms with van der Waals surface area (Å²) in [6.45, 7) is 1.94. The first-order valence-electron chi connectivity index (χ1n) is 7.84. The maximum atomic E-state index is 11.8. The molecule has 2 aliphatic rings. The number of carbonyl (C=O) groups is 1. The van der Waals surface area contributed by atoms with E-state index in [4.69, 9.17) is 0 Å². The summed E-state index contributed by atoms with van der Waals surface area (Å²) < 4.78 is 0. The van der Waals surface area contributed by atoms with E-state index < -0.39 is 0 Å². The number of hydrogen-bond donors (Lipinski definition) is 2. The maximum absolute atomic E-state index is 11.8. The van der Waals surface area contributed by atoms with Gasteiger partial charge in [0.25, 0.3) is 0 Å². The molecular weight excluding hydrogens is 224 g/mol. The Morgan fingerprint density at radius 2 is 1.83 bits per heavy atom. The van der Waals surface area contributed by atoms with E-state index in [1.54, 1.807) is 0 Å². The summed E-state index contributed by atoms with van der Waals surface area (Å²) in [5, 5.41) is 6.56. The normalized spacial score (nSPS) is 25.9. The van der Waals surface area contributed by atoms with Gasteiger partial charge >= 0.3 is 0 Å². The van der Waals surface area contributed by atoms with Gasteiger partial charge in [-0.15, -0.1) is 0 Å². The minimum absolute atomic E-state index is 0.257. The third kappa shape index (κ3) is 4.97. The van der Waals surface area contributed by atoms with Gasteiger partial charge in [-0.2, -0.15) is 0 Å². The van der Waals surface area contributed by atoms with E-state index in [0.717, 1.165) is 31.8 Å². The molecule has 3 heteroatoms. The predicted octanol–water partition coefficient (Wildman–Crippen LogP) is 2.61. The smallest absolute Gasteiger partial charge is 0.220 e. The molecule has 1 amide bonds. The lowest BCUT2D eigenvalue weighted by Crippen LogP contribution is -2.43. The van der Waals surface area contributed by atoms with Gasteiger partial charge in [0.2, 0.25) is 5.91 Å². The Morgan fingerprint density at radius 3 is 2.56 bits per heavy atom. The SMILES string of the molecule is O=C(CCC1CCCCC1)NCC1CCCCN1. The molecule has 18 heavy (non-hydrogen) atoms. The summed E-state index contributed by atoms with van der Waals surface area (Å²) in [6, 6.07) is 0.511. The maximum Gasteiger partial charge on any atom is 0.220 e. The summed E-state index contributed by atoms with van der Waals surface area (Å²) in [7, 11) is 0. The zero-order chi connectivity index (χ0) is 12.6. The van der Waals surface area contributed by atoms with Gasteiger partial charge < -0.3 is 10.6 Å². The minimum atomic E-state index is 0.257. The highest BCUT2D eigenvalue weighted by atomic mass is 16.1. The molecule has 1 aliphatic carbocycles. The molecule has 2 fully saturated rings. The second-order valence-corrected chi connectivity index (χ2v) is 5.99. The second kappa shape index (κ2) is 7.78. The van der Waals surface area contributed by atoms with Crippen LogP contribution in [0, 0.1) is 5.92 Å². The van der Waals surface area contributed by atoms with E-state index in [2.05, 4.69) is 10.6 Å². The molecule has 1 atom stereocenters. The molecule has 0 radical (unpaired) electrons. The number of nitrogens with one attached hydrogen (secondary N) is 2. The topological polar surface area (TPSA) is 41.1 Å². The van der Waals surface area contributed by atoms with Gasteiger partial charge in [0, 0.05) is 19.0 Å². The van der Waals surface area contributed by atoms with Gasteiger partial charge in [-0.1, -0.05) is 38.5 Å². The van der Waals surface area contributed by atoms with Crippen molar-refractivity contribution in [1.82, 2.24) is 10.6 Å². The number of amides is 1. The van der Waals surface area contributed by atoms with E-state index in [-0.39, 0.29) is 5.91 Å². The Balaban J connectivity index is 1.54. The van der Waals surface area contributed by atoms with Crippen LogP contribution in [0.2, 0.25) is 0 Å². The fraction of sp³-hybridized carbons (Fsp3) is 0.933. The van der Waals surface area contributed by atoms with Crippen molar-refractivity contribution in [2.24, 2.45) is 5.92 Å². The van der Waals surface area contributed by atoms with Crippen LogP contribution in [0.15, 0.2) is 0 Å². The first kappa shape index (κ1) is 13.9. The lowest BCUT2D eigenvalue weighted by molar-refractivity contribution is -0.121. The zero-order valence-corrected chi connectivity index (χ0v) is 11.5. The highest BCUT2D eigenvalue weighted by Gasteiger charge is 2.16. The lowest BCUT2D eigenvalue weighted by atomic mass is 9.86. The Bertz CT molecular complexity index is 219. The zero-order valence-electron chi connectivity index (χ0n) is 11.5. The monoisotopic (exact) mass is 252 g/mol. The van der Waals surface area contributed by atoms with Crippen molar-refractivity contribution in [2.45, 2.75) is 70.3 Å². The van der Waals surface area contributed by atoms with Crippen LogP contribution in [0.4, 0.5) is 0 Å². The quantitative estimate of drug-likeness (QED) is 0.789. The number of hydrogen-bond acceptors (Lipinski definition) is 2. The Hall–Kier alpha value is -0.570. The summed E-state index contributed by atoms with van der Waals surface area (Å²) in [5.41, 5.74) is 0. The summed E-state index contributed by atoms with van der Waals surface area (Å²) in [4.78, 5) is 11.8. The second-order valence-electron chi connectivity index (χ2n) is 5.99. The van der Waals surface area contributed by atoms with Crippen LogP contribution in [-0.2, 0) is 4.79 Å². The summed E-state index contributed by atoms with van der Waals surface area (Å²) in [5.74, 6) is 1.07. The molecule has 0 aromatic rings. The van der Waals surface area contributed by atoms with Crippen LogP contribution in [0.5, 0.6) is 0 Å². The van der Waals surface area contributed by atoms with Gasteiger partial charge in [-0.3, -0.25) is 4.79 Å². The molecule has 1 saturated carbocycles. The van der Waals surface area contributed by atoms with E-state index >= 15 is 0 Å². The van der Waals surface area contributed by atoms with Gasteiger partial charge in [0.05, 0.1) is 0 Å². The van der Waals surface area contributed by atoms with Crippen LogP contribution >= 0.6 is 0 Å². The molecular formula is C15H28N2O. The van der Waals surface area contributed by atoms with E-state index in [0.29, 0.717) is 6.04 Å². The van der Waals surface area contributed by atoms with Gasteiger partial charge in [0.1, 0.15) is 0 Å². The molecule has 0 bridgehead atoms. The van der Waals surface area contributed by atoms with E-state index in [1.807, 2.05) is 0 Å². The van der Waals surface area contributed by atoms with Gasteiger partial charge in [-0.25, -0.2) is 0 Å². The van der Waals surface area contributed by atoms with Crippen molar-refractivity contribution < 1.29 is 4.79 Å². The van der Waals surface area contributed by atoms with Crippen molar-refractivity contribution >= 4 is 5.91 Å². The lowest BCUT2D eigenvalue weighted by Gasteiger charge is -2.24. The van der Waals surface area contributed by atoms with Gasteiger partial charge in [-0.05, 0) is 31.7 Å². The van der Waals surface area contributed by atoms with E-state index in [9.17, 15) is 4.79 Å². The number of piperidine rings is 1. The van der Waals surface area contributed by atoms with Crippen molar-refractivity contribution in [3.8, 4) is 0 Å². The molecule has 3 nitrogen and oxygen atoms in total. The third-order valence-electron chi connectivity index (χ3n) is 4.46. The van der Waals surface area contributed by atoms with Crippen LogP contribution in [0.1, 0.15) is 64.2 Å². The Kier molecular flexibility index (Phi) is 5.98. The number of rotatable bonds is 5. The van der Waals surface area contributed by atoms with Crippen molar-refractivity contribution in [1.29, 1.82) is 0 Å². The fourth-order valence-corrected chi connectivity index (χ4v) is 3.23. The molecule has 0 aromatic carbocycles. The first-order chi connectivity index (χ1) is 8.84. The molecule has 2 rings (SSSR count). The molecule has 0 aromatic heterocycles. The summed E-state index contributed by atoms with van der Waals surface area (Å²) in [6.07, 6.45) is 12.5. The first-order valence-corrected chi connectivity index (χ1v) is 7.84. The highest BCUT2D eigenvalue weighted by molar-refractivity contribution is 5.75. The van der Waals surface area contributed by atoms with Crippen LogP contribution < -0.4 is 10.6 Å².